The Kier molecular flexibility index (Phi) is 1.94. The Morgan fingerprint density at radius 3 is 2.94 bits per heavy atom. The Morgan fingerprint density at radius 2 is 2.19 bits per heavy atom. The van der Waals surface area contributed by atoms with Crippen molar-refractivity contribution in [1.29, 1.82) is 0 Å². The van der Waals surface area contributed by atoms with Crippen LogP contribution in [0.25, 0.3) is 21.3 Å². The first kappa shape index (κ1) is 9.35. The molecule has 80 valence electrons. The van der Waals surface area contributed by atoms with E-state index in [-0.39, 0.29) is 5.75 Å². The van der Waals surface area contributed by atoms with E-state index in [0.717, 1.165) is 21.3 Å². The number of aryl methyl sites for hydroxylation is 1. The summed E-state index contributed by atoms with van der Waals surface area (Å²) in [5.74, 6) is 0.277. The quantitative estimate of drug-likeness (QED) is 0.699. The van der Waals surface area contributed by atoms with Gasteiger partial charge in [0, 0.05) is 18.8 Å². The second kappa shape index (κ2) is 3.31. The van der Waals surface area contributed by atoms with Crippen LogP contribution in [-0.4, -0.2) is 19.9 Å². The van der Waals surface area contributed by atoms with E-state index in [4.69, 9.17) is 0 Å². The SMILES string of the molecule is Cn1cc(-c2cc(O)c3scnc3c2)cn1. The molecule has 0 bridgehead atoms. The van der Waals surface area contributed by atoms with Crippen molar-refractivity contribution in [3.8, 4) is 16.9 Å². The number of rotatable bonds is 1. The fourth-order valence-electron chi connectivity index (χ4n) is 1.69. The first-order valence-electron chi connectivity index (χ1n) is 4.79. The maximum atomic E-state index is 9.85. The molecule has 0 amide bonds. The minimum absolute atomic E-state index is 0.277. The van der Waals surface area contributed by atoms with Crippen LogP contribution in [0.15, 0.2) is 30.0 Å². The number of phenolic OH excluding ortho intramolecular Hbond substituents is 1. The van der Waals surface area contributed by atoms with Crippen LogP contribution in [0.1, 0.15) is 0 Å². The molecule has 0 aliphatic carbocycles. The molecule has 0 unspecified atom stereocenters. The molecule has 0 saturated carbocycles. The van der Waals surface area contributed by atoms with Gasteiger partial charge >= 0.3 is 0 Å². The van der Waals surface area contributed by atoms with Crippen molar-refractivity contribution in [2.24, 2.45) is 7.05 Å². The van der Waals surface area contributed by atoms with Gasteiger partial charge in [-0.2, -0.15) is 5.10 Å². The third-order valence-corrected chi connectivity index (χ3v) is 3.32. The number of phenols is 1. The summed E-state index contributed by atoms with van der Waals surface area (Å²) in [6.45, 7) is 0. The first-order chi connectivity index (χ1) is 7.74. The zero-order valence-corrected chi connectivity index (χ0v) is 9.40. The molecule has 0 aliphatic heterocycles. The fraction of sp³-hybridized carbons (Fsp3) is 0.0909. The van der Waals surface area contributed by atoms with Crippen LogP contribution in [0, 0.1) is 0 Å². The Balaban J connectivity index is 2.24. The number of fused-ring (bicyclic) bond motifs is 1. The van der Waals surface area contributed by atoms with Gasteiger partial charge in [-0.1, -0.05) is 0 Å². The van der Waals surface area contributed by atoms with E-state index in [0.29, 0.717) is 0 Å². The second-order valence-electron chi connectivity index (χ2n) is 3.60. The molecule has 2 aromatic heterocycles. The molecule has 0 fully saturated rings. The molecule has 0 radical (unpaired) electrons. The van der Waals surface area contributed by atoms with E-state index in [9.17, 15) is 5.11 Å². The van der Waals surface area contributed by atoms with Crippen LogP contribution >= 0.6 is 11.3 Å². The van der Waals surface area contributed by atoms with E-state index in [1.54, 1.807) is 22.5 Å². The van der Waals surface area contributed by atoms with Gasteiger partial charge in [0.2, 0.25) is 0 Å². The van der Waals surface area contributed by atoms with Crippen LogP contribution in [0.3, 0.4) is 0 Å². The number of aromatic hydroxyl groups is 1. The highest BCUT2D eigenvalue weighted by Crippen LogP contribution is 2.33. The summed E-state index contributed by atoms with van der Waals surface area (Å²) in [6.07, 6.45) is 3.68. The molecule has 0 atom stereocenters. The lowest BCUT2D eigenvalue weighted by molar-refractivity contribution is 0.482. The van der Waals surface area contributed by atoms with Gasteiger partial charge in [-0.25, -0.2) is 4.98 Å². The predicted octanol–water partition coefficient (Wildman–Crippen LogP) is 2.40. The van der Waals surface area contributed by atoms with Crippen LogP contribution in [-0.2, 0) is 7.05 Å². The van der Waals surface area contributed by atoms with Crippen LogP contribution in [0.5, 0.6) is 5.75 Å². The van der Waals surface area contributed by atoms with Gasteiger partial charge in [0.1, 0.15) is 5.75 Å². The standard InChI is InChI=1S/C11H9N3OS/c1-14-5-8(4-13-14)7-2-9-11(10(15)3-7)16-6-12-9/h2-6,15H,1H3. The molecule has 3 rings (SSSR count). The lowest BCUT2D eigenvalue weighted by Crippen LogP contribution is -1.84. The molecular formula is C11H9N3OS. The maximum absolute atomic E-state index is 9.85. The van der Waals surface area contributed by atoms with E-state index < -0.39 is 0 Å². The topological polar surface area (TPSA) is 50.9 Å². The molecule has 3 aromatic rings. The van der Waals surface area contributed by atoms with Gasteiger partial charge in [-0.05, 0) is 17.7 Å². The predicted molar refractivity (Wildman–Crippen MR) is 63.5 cm³/mol. The fourth-order valence-corrected chi connectivity index (χ4v) is 2.37. The van der Waals surface area contributed by atoms with Crippen molar-refractivity contribution in [1.82, 2.24) is 14.8 Å². The van der Waals surface area contributed by atoms with Gasteiger partial charge in [-0.15, -0.1) is 11.3 Å². The molecule has 0 saturated heterocycles. The monoisotopic (exact) mass is 231 g/mol. The Morgan fingerprint density at radius 1 is 1.31 bits per heavy atom. The highest BCUT2D eigenvalue weighted by Gasteiger charge is 2.08. The average molecular weight is 231 g/mol. The molecular weight excluding hydrogens is 222 g/mol. The maximum Gasteiger partial charge on any atom is 0.135 e. The zero-order chi connectivity index (χ0) is 11.1. The number of nitrogens with zero attached hydrogens (tertiary/aromatic N) is 3. The number of thiazole rings is 1. The van der Waals surface area contributed by atoms with Gasteiger partial charge in [-0.3, -0.25) is 4.68 Å². The lowest BCUT2D eigenvalue weighted by atomic mass is 10.1. The van der Waals surface area contributed by atoms with Crippen molar-refractivity contribution in [2.45, 2.75) is 0 Å². The number of hydrogen-bond donors (Lipinski definition) is 1. The van der Waals surface area contributed by atoms with Gasteiger partial charge in [0.05, 0.1) is 21.9 Å². The highest BCUT2D eigenvalue weighted by molar-refractivity contribution is 7.17. The van der Waals surface area contributed by atoms with Gasteiger partial charge in [0.15, 0.2) is 0 Å². The number of benzene rings is 1. The minimum Gasteiger partial charge on any atom is -0.506 e. The molecule has 2 heterocycles. The minimum atomic E-state index is 0.277. The zero-order valence-electron chi connectivity index (χ0n) is 8.58. The van der Waals surface area contributed by atoms with E-state index in [2.05, 4.69) is 10.1 Å². The van der Waals surface area contributed by atoms with E-state index >= 15 is 0 Å². The third kappa shape index (κ3) is 1.37. The van der Waals surface area contributed by atoms with Crippen LogP contribution in [0.2, 0.25) is 0 Å². The van der Waals surface area contributed by atoms with Crippen LogP contribution < -0.4 is 0 Å². The number of aromatic nitrogens is 3. The van der Waals surface area contributed by atoms with Crippen LogP contribution in [0.4, 0.5) is 0 Å². The smallest absolute Gasteiger partial charge is 0.135 e. The molecule has 1 aromatic carbocycles. The summed E-state index contributed by atoms with van der Waals surface area (Å²) in [5, 5.41) is 14.0. The summed E-state index contributed by atoms with van der Waals surface area (Å²) in [5.41, 5.74) is 4.47. The largest absolute Gasteiger partial charge is 0.506 e. The average Bonchev–Trinajstić information content (AvgIpc) is 2.85. The normalized spacial score (nSPS) is 11.1. The Bertz CT molecular complexity index is 656. The van der Waals surface area contributed by atoms with Crippen molar-refractivity contribution < 1.29 is 5.11 Å². The second-order valence-corrected chi connectivity index (χ2v) is 4.45. The van der Waals surface area contributed by atoms with Gasteiger partial charge < -0.3 is 5.11 Å². The Hall–Kier alpha value is -1.88. The first-order valence-corrected chi connectivity index (χ1v) is 5.67. The van der Waals surface area contributed by atoms with E-state index in [1.807, 2.05) is 19.3 Å². The van der Waals surface area contributed by atoms with Crippen molar-refractivity contribution in [3.63, 3.8) is 0 Å². The van der Waals surface area contributed by atoms with Crippen molar-refractivity contribution in [3.05, 3.63) is 30.0 Å². The molecule has 4 nitrogen and oxygen atoms in total. The third-order valence-electron chi connectivity index (χ3n) is 2.45. The Labute approximate surface area is 95.8 Å². The van der Waals surface area contributed by atoms with Gasteiger partial charge in [0.25, 0.3) is 0 Å². The highest BCUT2D eigenvalue weighted by atomic mass is 32.1. The summed E-state index contributed by atoms with van der Waals surface area (Å²) in [4.78, 5) is 4.20. The summed E-state index contributed by atoms with van der Waals surface area (Å²) in [6, 6.07) is 3.71. The van der Waals surface area contributed by atoms with E-state index in [1.165, 1.54) is 11.3 Å². The lowest BCUT2D eigenvalue weighted by Gasteiger charge is -1.99. The molecule has 0 aliphatic rings. The molecule has 16 heavy (non-hydrogen) atoms. The molecule has 1 N–H and O–H groups in total. The number of hydrogen-bond acceptors (Lipinski definition) is 4. The van der Waals surface area contributed by atoms with Crippen molar-refractivity contribution >= 4 is 21.6 Å². The molecule has 5 heteroatoms. The summed E-state index contributed by atoms with van der Waals surface area (Å²) < 4.78 is 2.56. The molecule has 0 spiro atoms. The summed E-state index contributed by atoms with van der Waals surface area (Å²) >= 11 is 1.44. The van der Waals surface area contributed by atoms with Crippen molar-refractivity contribution in [2.75, 3.05) is 0 Å². The summed E-state index contributed by atoms with van der Waals surface area (Å²) in [7, 11) is 1.87.